The molecule has 2 aromatic rings. The highest BCUT2D eigenvalue weighted by Crippen LogP contribution is 2.19. The Morgan fingerprint density at radius 2 is 2.15 bits per heavy atom. The smallest absolute Gasteiger partial charge is 0.191 e. The second kappa shape index (κ2) is 9.75. The average Bonchev–Trinajstić information content (AvgIpc) is 3.05. The molecule has 0 aromatic carbocycles. The van der Waals surface area contributed by atoms with E-state index in [2.05, 4.69) is 60.5 Å². The van der Waals surface area contributed by atoms with Gasteiger partial charge in [0.05, 0.1) is 6.54 Å². The fourth-order valence-corrected chi connectivity index (χ4v) is 3.70. The van der Waals surface area contributed by atoms with E-state index in [0.717, 1.165) is 29.9 Å². The van der Waals surface area contributed by atoms with Crippen LogP contribution >= 0.6 is 62.6 Å². The first kappa shape index (κ1) is 17.9. The van der Waals surface area contributed by atoms with E-state index in [1.54, 1.807) is 29.7 Å². The molecule has 7 heteroatoms. The molecule has 0 spiro atoms. The molecule has 0 unspecified atom stereocenters. The van der Waals surface area contributed by atoms with Crippen LogP contribution in [-0.4, -0.2) is 19.6 Å². The molecule has 0 atom stereocenters. The molecule has 0 aliphatic carbocycles. The van der Waals surface area contributed by atoms with E-state index < -0.39 is 0 Å². The van der Waals surface area contributed by atoms with E-state index in [9.17, 15) is 0 Å². The number of rotatable bonds is 5. The zero-order valence-electron chi connectivity index (χ0n) is 11.1. The van der Waals surface area contributed by atoms with E-state index in [4.69, 9.17) is 0 Å². The van der Waals surface area contributed by atoms with Crippen molar-refractivity contribution < 1.29 is 0 Å². The molecule has 110 valence electrons. The lowest BCUT2D eigenvalue weighted by Gasteiger charge is -2.10. The minimum absolute atomic E-state index is 0. The summed E-state index contributed by atoms with van der Waals surface area (Å²) in [5.41, 5.74) is 0. The Bertz CT molecular complexity index is 525. The number of guanidine groups is 1. The summed E-state index contributed by atoms with van der Waals surface area (Å²) in [7, 11) is 1.80. The van der Waals surface area contributed by atoms with E-state index >= 15 is 0 Å². The number of nitrogens with one attached hydrogen (secondary N) is 2. The predicted molar refractivity (Wildman–Crippen MR) is 104 cm³/mol. The third-order valence-electron chi connectivity index (χ3n) is 2.52. The summed E-state index contributed by atoms with van der Waals surface area (Å²) in [5.74, 6) is 0.848. The van der Waals surface area contributed by atoms with Gasteiger partial charge < -0.3 is 10.6 Å². The van der Waals surface area contributed by atoms with E-state index in [1.165, 1.54) is 9.75 Å². The number of thiophene rings is 2. The molecular weight excluding hydrogens is 469 g/mol. The summed E-state index contributed by atoms with van der Waals surface area (Å²) in [6.07, 6.45) is 1.03. The zero-order chi connectivity index (χ0) is 13.5. The van der Waals surface area contributed by atoms with Gasteiger partial charge in [-0.1, -0.05) is 6.07 Å². The SMILES string of the molecule is CN=C(NCCc1cccs1)NCc1cc(Br)cs1.I. The van der Waals surface area contributed by atoms with Crippen molar-refractivity contribution in [2.75, 3.05) is 13.6 Å². The molecule has 0 saturated heterocycles. The molecule has 2 aromatic heterocycles. The quantitative estimate of drug-likeness (QED) is 0.380. The maximum absolute atomic E-state index is 4.22. The van der Waals surface area contributed by atoms with Gasteiger partial charge >= 0.3 is 0 Å². The monoisotopic (exact) mass is 485 g/mol. The Kier molecular flexibility index (Phi) is 8.74. The van der Waals surface area contributed by atoms with E-state index in [1.807, 2.05) is 0 Å². The number of hydrogen-bond acceptors (Lipinski definition) is 3. The van der Waals surface area contributed by atoms with Crippen LogP contribution in [0.25, 0.3) is 0 Å². The van der Waals surface area contributed by atoms with Gasteiger partial charge in [-0.2, -0.15) is 0 Å². The van der Waals surface area contributed by atoms with Gasteiger partial charge in [0.25, 0.3) is 0 Å². The third kappa shape index (κ3) is 6.11. The summed E-state index contributed by atoms with van der Waals surface area (Å²) in [6.45, 7) is 1.70. The standard InChI is InChI=1S/C13H16BrN3S2.HI/c1-15-13(16-5-4-11-3-2-6-18-11)17-8-12-7-10(14)9-19-12;/h2-3,6-7,9H,4-5,8H2,1H3,(H2,15,16,17);1H. The van der Waals surface area contributed by atoms with Crippen LogP contribution in [-0.2, 0) is 13.0 Å². The Labute approximate surface area is 153 Å². The van der Waals surface area contributed by atoms with Crippen LogP contribution in [0.2, 0.25) is 0 Å². The van der Waals surface area contributed by atoms with E-state index in [0.29, 0.717) is 0 Å². The lowest BCUT2D eigenvalue weighted by atomic mass is 10.3. The highest BCUT2D eigenvalue weighted by Gasteiger charge is 2.01. The first-order valence-corrected chi connectivity index (χ1v) is 8.53. The van der Waals surface area contributed by atoms with Crippen molar-refractivity contribution in [2.24, 2.45) is 4.99 Å². The van der Waals surface area contributed by atoms with Crippen LogP contribution in [0.3, 0.4) is 0 Å². The Hall–Kier alpha value is -0.120. The van der Waals surface area contributed by atoms with Crippen LogP contribution in [0.15, 0.2) is 38.4 Å². The Balaban J connectivity index is 0.00000200. The van der Waals surface area contributed by atoms with Gasteiger partial charge in [-0.3, -0.25) is 4.99 Å². The molecular formula is C13H17BrIN3S2. The molecule has 0 aliphatic rings. The van der Waals surface area contributed by atoms with E-state index in [-0.39, 0.29) is 24.0 Å². The van der Waals surface area contributed by atoms with Gasteiger partial charge in [0.2, 0.25) is 0 Å². The van der Waals surface area contributed by atoms with Gasteiger partial charge in [-0.15, -0.1) is 46.7 Å². The minimum Gasteiger partial charge on any atom is -0.356 e. The molecule has 0 saturated carbocycles. The van der Waals surface area contributed by atoms with Crippen molar-refractivity contribution in [3.63, 3.8) is 0 Å². The molecule has 2 N–H and O–H groups in total. The highest BCUT2D eigenvalue weighted by molar-refractivity contribution is 14.0. The summed E-state index contributed by atoms with van der Waals surface area (Å²) >= 11 is 6.98. The molecule has 0 fully saturated rings. The van der Waals surface area contributed by atoms with Crippen LogP contribution in [0, 0.1) is 0 Å². The van der Waals surface area contributed by atoms with Gasteiger partial charge in [-0.25, -0.2) is 0 Å². The summed E-state index contributed by atoms with van der Waals surface area (Å²) < 4.78 is 1.13. The first-order valence-electron chi connectivity index (χ1n) is 5.98. The zero-order valence-corrected chi connectivity index (χ0v) is 16.6. The topological polar surface area (TPSA) is 36.4 Å². The lowest BCUT2D eigenvalue weighted by molar-refractivity contribution is 0.804. The summed E-state index contributed by atoms with van der Waals surface area (Å²) in [6, 6.07) is 6.37. The summed E-state index contributed by atoms with van der Waals surface area (Å²) in [4.78, 5) is 6.90. The largest absolute Gasteiger partial charge is 0.356 e. The van der Waals surface area contributed by atoms with Crippen molar-refractivity contribution in [1.29, 1.82) is 0 Å². The van der Waals surface area contributed by atoms with Crippen molar-refractivity contribution in [3.8, 4) is 0 Å². The minimum atomic E-state index is 0. The number of nitrogens with zero attached hydrogens (tertiary/aromatic N) is 1. The van der Waals surface area contributed by atoms with Gasteiger partial charge in [0.15, 0.2) is 5.96 Å². The van der Waals surface area contributed by atoms with Crippen LogP contribution in [0.5, 0.6) is 0 Å². The van der Waals surface area contributed by atoms with Crippen molar-refractivity contribution in [3.05, 3.63) is 43.2 Å². The van der Waals surface area contributed by atoms with Crippen molar-refractivity contribution in [2.45, 2.75) is 13.0 Å². The van der Waals surface area contributed by atoms with Gasteiger partial charge in [0, 0.05) is 33.2 Å². The highest BCUT2D eigenvalue weighted by atomic mass is 127. The fraction of sp³-hybridized carbons (Fsp3) is 0.308. The molecule has 20 heavy (non-hydrogen) atoms. The average molecular weight is 486 g/mol. The molecule has 0 aliphatic heterocycles. The Morgan fingerprint density at radius 3 is 2.75 bits per heavy atom. The number of aliphatic imine (C=N–C) groups is 1. The fourth-order valence-electron chi connectivity index (χ4n) is 1.60. The molecule has 2 rings (SSSR count). The maximum atomic E-state index is 4.22. The van der Waals surface area contributed by atoms with Crippen LogP contribution in [0.1, 0.15) is 9.75 Å². The third-order valence-corrected chi connectivity index (χ3v) is 5.15. The van der Waals surface area contributed by atoms with Gasteiger partial charge in [0.1, 0.15) is 0 Å². The first-order chi connectivity index (χ1) is 9.28. The van der Waals surface area contributed by atoms with Crippen molar-refractivity contribution >= 4 is 68.5 Å². The molecule has 0 radical (unpaired) electrons. The molecule has 0 bridgehead atoms. The van der Waals surface area contributed by atoms with Crippen LogP contribution in [0.4, 0.5) is 0 Å². The van der Waals surface area contributed by atoms with Gasteiger partial charge in [-0.05, 0) is 39.9 Å². The van der Waals surface area contributed by atoms with Crippen LogP contribution < -0.4 is 10.6 Å². The maximum Gasteiger partial charge on any atom is 0.191 e. The lowest BCUT2D eigenvalue weighted by Crippen LogP contribution is -2.37. The Morgan fingerprint density at radius 1 is 1.30 bits per heavy atom. The van der Waals surface area contributed by atoms with Crippen molar-refractivity contribution in [1.82, 2.24) is 10.6 Å². The number of halogens is 2. The molecule has 2 heterocycles. The normalized spacial score (nSPS) is 11.0. The second-order valence-electron chi connectivity index (χ2n) is 3.91. The predicted octanol–water partition coefficient (Wildman–Crippen LogP) is 4.10. The summed E-state index contributed by atoms with van der Waals surface area (Å²) in [5, 5.41) is 10.8. The second-order valence-corrected chi connectivity index (χ2v) is 6.86. The number of hydrogen-bond donors (Lipinski definition) is 2. The molecule has 3 nitrogen and oxygen atoms in total. The molecule has 0 amide bonds.